The second-order valence-electron chi connectivity index (χ2n) is 14.8. The zero-order chi connectivity index (χ0) is 36.1. The Morgan fingerprint density at radius 3 is 1.20 bits per heavy atom. The van der Waals surface area contributed by atoms with Crippen molar-refractivity contribution in [3.05, 3.63) is 139 Å². The molecule has 0 unspecified atom stereocenters. The Hall–Kier alpha value is -5.95. The van der Waals surface area contributed by atoms with Gasteiger partial charge < -0.3 is 0 Å². The highest BCUT2D eigenvalue weighted by Gasteiger charge is 2.22. The first-order valence-electron chi connectivity index (χ1n) is 19.5. The topological polar surface area (TPSA) is 90.2 Å². The maximum atomic E-state index is 5.15. The highest BCUT2D eigenvalue weighted by atomic mass is 15.0. The largest absolute Gasteiger partial charge is 0.261 e. The van der Waals surface area contributed by atoms with E-state index in [4.69, 9.17) is 15.0 Å². The van der Waals surface area contributed by atoms with Gasteiger partial charge in [0.1, 0.15) is 0 Å². The smallest absolute Gasteiger partial charge is 0.164 e. The van der Waals surface area contributed by atoms with E-state index < -0.39 is 0 Å². The summed E-state index contributed by atoms with van der Waals surface area (Å²) in [5.41, 5.74) is 11.7. The summed E-state index contributed by atoms with van der Waals surface area (Å²) >= 11 is 0. The molecule has 0 bridgehead atoms. The highest BCUT2D eigenvalue weighted by Crippen LogP contribution is 2.40. The molecule has 0 spiro atoms. The van der Waals surface area contributed by atoms with Crippen molar-refractivity contribution in [1.82, 2.24) is 34.9 Å². The molecule has 0 radical (unpaired) electrons. The maximum absolute atomic E-state index is 5.15. The second kappa shape index (κ2) is 15.6. The molecule has 2 aliphatic rings. The first-order chi connectivity index (χ1) is 26.7. The molecule has 7 aromatic rings. The lowest BCUT2D eigenvalue weighted by molar-refractivity contribution is 0.435. The third kappa shape index (κ3) is 7.44. The minimum Gasteiger partial charge on any atom is -0.261 e. The minimum absolute atomic E-state index is 0.593. The maximum Gasteiger partial charge on any atom is 0.164 e. The van der Waals surface area contributed by atoms with Gasteiger partial charge in [0.25, 0.3) is 0 Å². The van der Waals surface area contributed by atoms with Crippen molar-refractivity contribution in [2.24, 2.45) is 0 Å². The van der Waals surface area contributed by atoms with Gasteiger partial charge in [0, 0.05) is 52.6 Å². The van der Waals surface area contributed by atoms with Crippen LogP contribution in [0, 0.1) is 0 Å². The third-order valence-electron chi connectivity index (χ3n) is 11.2. The number of benzene rings is 4. The molecule has 7 nitrogen and oxygen atoms in total. The first-order valence-corrected chi connectivity index (χ1v) is 19.5. The molecule has 2 aliphatic carbocycles. The van der Waals surface area contributed by atoms with E-state index >= 15 is 0 Å². The van der Waals surface area contributed by atoms with Crippen molar-refractivity contribution in [3.8, 4) is 67.8 Å². The summed E-state index contributed by atoms with van der Waals surface area (Å²) in [6.45, 7) is 0. The van der Waals surface area contributed by atoms with E-state index in [9.17, 15) is 0 Å². The fourth-order valence-corrected chi connectivity index (χ4v) is 8.32. The van der Waals surface area contributed by atoms with Crippen LogP contribution in [0.3, 0.4) is 0 Å². The van der Waals surface area contributed by atoms with Gasteiger partial charge in [-0.3, -0.25) is 19.9 Å². The normalized spacial score (nSPS) is 15.3. The van der Waals surface area contributed by atoms with Gasteiger partial charge in [0.2, 0.25) is 0 Å². The number of aromatic nitrogens is 7. The molecular formula is C47H43N7. The summed E-state index contributed by atoms with van der Waals surface area (Å²) in [5.74, 6) is 3.11. The van der Waals surface area contributed by atoms with Gasteiger partial charge in [-0.25, -0.2) is 15.0 Å². The zero-order valence-corrected chi connectivity index (χ0v) is 30.5. The highest BCUT2D eigenvalue weighted by molar-refractivity contribution is 5.75. The Morgan fingerprint density at radius 1 is 0.370 bits per heavy atom. The molecule has 3 heterocycles. The van der Waals surface area contributed by atoms with Crippen LogP contribution in [0.25, 0.3) is 67.8 Å². The average Bonchev–Trinajstić information content (AvgIpc) is 3.27. The molecule has 54 heavy (non-hydrogen) atoms. The summed E-state index contributed by atoms with van der Waals surface area (Å²) < 4.78 is 0. The van der Waals surface area contributed by atoms with Gasteiger partial charge in [0.15, 0.2) is 17.5 Å². The van der Waals surface area contributed by atoms with Gasteiger partial charge in [-0.05, 0) is 78.0 Å². The molecule has 9 rings (SSSR count). The van der Waals surface area contributed by atoms with E-state index in [1.165, 1.54) is 86.5 Å². The Balaban J connectivity index is 1.15. The third-order valence-corrected chi connectivity index (χ3v) is 11.2. The summed E-state index contributed by atoms with van der Waals surface area (Å²) in [6.07, 6.45) is 23.5. The molecule has 2 fully saturated rings. The van der Waals surface area contributed by atoms with Crippen LogP contribution in [0.5, 0.6) is 0 Å². The Labute approximate surface area is 317 Å². The average molecular weight is 706 g/mol. The van der Waals surface area contributed by atoms with Gasteiger partial charge in [-0.15, -0.1) is 0 Å². The second-order valence-corrected chi connectivity index (χ2v) is 14.8. The lowest BCUT2D eigenvalue weighted by atomic mass is 9.78. The summed E-state index contributed by atoms with van der Waals surface area (Å²) in [6, 6.07) is 32.6. The summed E-state index contributed by atoms with van der Waals surface area (Å²) in [4.78, 5) is 33.0. The number of hydrogen-bond acceptors (Lipinski definition) is 7. The molecule has 0 atom stereocenters. The van der Waals surface area contributed by atoms with Crippen molar-refractivity contribution in [1.29, 1.82) is 0 Å². The van der Waals surface area contributed by atoms with Crippen molar-refractivity contribution >= 4 is 0 Å². The van der Waals surface area contributed by atoms with Crippen LogP contribution >= 0.6 is 0 Å². The van der Waals surface area contributed by atoms with Crippen LogP contribution < -0.4 is 0 Å². The fourth-order valence-electron chi connectivity index (χ4n) is 8.32. The quantitative estimate of drug-likeness (QED) is 0.155. The van der Waals surface area contributed by atoms with Crippen molar-refractivity contribution in [2.75, 3.05) is 0 Å². The van der Waals surface area contributed by atoms with E-state index in [0.717, 1.165) is 39.2 Å². The van der Waals surface area contributed by atoms with Gasteiger partial charge in [0.05, 0.1) is 23.8 Å². The van der Waals surface area contributed by atoms with Crippen molar-refractivity contribution < 1.29 is 0 Å². The fraction of sp³-hybridized carbons (Fsp3) is 0.255. The number of hydrogen-bond donors (Lipinski definition) is 0. The van der Waals surface area contributed by atoms with Crippen molar-refractivity contribution in [2.45, 2.75) is 76.0 Å². The van der Waals surface area contributed by atoms with Gasteiger partial charge in [-0.2, -0.15) is 0 Å². The van der Waals surface area contributed by atoms with E-state index in [1.807, 2.05) is 36.4 Å². The van der Waals surface area contributed by atoms with E-state index in [-0.39, 0.29) is 0 Å². The predicted molar refractivity (Wildman–Crippen MR) is 215 cm³/mol. The molecule has 0 N–H and O–H groups in total. The number of nitrogens with zero attached hydrogens (tertiary/aromatic N) is 7. The monoisotopic (exact) mass is 705 g/mol. The Bertz CT molecular complexity index is 2230. The van der Waals surface area contributed by atoms with Crippen LogP contribution in [0.15, 0.2) is 128 Å². The molecule has 4 aromatic carbocycles. The van der Waals surface area contributed by atoms with Crippen molar-refractivity contribution in [3.63, 3.8) is 0 Å². The van der Waals surface area contributed by atoms with E-state index in [2.05, 4.69) is 74.5 Å². The standard InChI is InChI=1S/C47H43N7/c1-3-10-32(11-4-1)40-27-41(33-12-5-2-6-13-33)29-42(28-40)34-14-7-17-37(24-34)45-52-46(38-18-8-15-35(25-38)43-30-48-20-22-50-43)54-47(53-45)39-19-9-16-36(26-39)44-31-49-21-23-51-44/h7-9,14-33H,1-6,10-13H2. The minimum atomic E-state index is 0.593. The van der Waals surface area contributed by atoms with Crippen LogP contribution in [0.1, 0.15) is 87.2 Å². The lowest BCUT2D eigenvalue weighted by Gasteiger charge is -2.27. The molecule has 0 saturated heterocycles. The lowest BCUT2D eigenvalue weighted by Crippen LogP contribution is -2.08. The van der Waals surface area contributed by atoms with E-state index in [1.54, 1.807) is 37.2 Å². The van der Waals surface area contributed by atoms with Crippen LogP contribution in [0.4, 0.5) is 0 Å². The summed E-state index contributed by atoms with van der Waals surface area (Å²) in [7, 11) is 0. The van der Waals surface area contributed by atoms with Crippen LogP contribution in [-0.4, -0.2) is 34.9 Å². The molecular weight excluding hydrogens is 663 g/mol. The molecule has 3 aromatic heterocycles. The Kier molecular flexibility index (Phi) is 9.76. The zero-order valence-electron chi connectivity index (χ0n) is 30.5. The molecule has 2 saturated carbocycles. The first kappa shape index (κ1) is 33.9. The molecule has 7 heteroatoms. The van der Waals surface area contributed by atoms with Gasteiger partial charge >= 0.3 is 0 Å². The number of rotatable bonds is 8. The predicted octanol–water partition coefficient (Wildman–Crippen LogP) is 11.5. The molecule has 0 amide bonds. The molecule has 0 aliphatic heterocycles. The van der Waals surface area contributed by atoms with E-state index in [0.29, 0.717) is 29.3 Å². The molecule has 266 valence electrons. The van der Waals surface area contributed by atoms with Gasteiger partial charge in [-0.1, -0.05) is 111 Å². The van der Waals surface area contributed by atoms with Crippen LogP contribution in [-0.2, 0) is 0 Å². The Morgan fingerprint density at radius 2 is 0.778 bits per heavy atom. The van der Waals surface area contributed by atoms with Crippen LogP contribution in [0.2, 0.25) is 0 Å². The SMILES string of the molecule is c1cc(-c2cc(C3CCCCC3)cc(C3CCCCC3)c2)cc(-c2nc(-c3cccc(-c4cnccn4)c3)nc(-c3cccc(-c4cnccn4)c3)n2)c1. The summed E-state index contributed by atoms with van der Waals surface area (Å²) in [5, 5.41) is 0.